The smallest absolute Gasteiger partial charge is 0.296 e. The summed E-state index contributed by atoms with van der Waals surface area (Å²) in [5.74, 6) is 0.539. The monoisotopic (exact) mass is 309 g/mol. The summed E-state index contributed by atoms with van der Waals surface area (Å²) in [7, 11) is 0. The molecule has 2 rings (SSSR count). The van der Waals surface area contributed by atoms with Crippen LogP contribution in [-0.4, -0.2) is 26.5 Å². The van der Waals surface area contributed by atoms with Gasteiger partial charge in [0.15, 0.2) is 0 Å². The lowest BCUT2D eigenvalue weighted by Crippen LogP contribution is -2.19. The summed E-state index contributed by atoms with van der Waals surface area (Å²) in [6.07, 6.45) is 1.67. The van der Waals surface area contributed by atoms with E-state index in [4.69, 9.17) is 11.6 Å². The largest absolute Gasteiger partial charge is 0.311 e. The highest BCUT2D eigenvalue weighted by Crippen LogP contribution is 2.25. The van der Waals surface area contributed by atoms with Gasteiger partial charge < -0.3 is 5.32 Å². The summed E-state index contributed by atoms with van der Waals surface area (Å²) in [6, 6.07) is 4.44. The van der Waals surface area contributed by atoms with E-state index in [1.165, 1.54) is 10.7 Å². The van der Waals surface area contributed by atoms with Crippen molar-refractivity contribution in [3.63, 3.8) is 0 Å². The Kier molecular flexibility index (Phi) is 4.87. The van der Waals surface area contributed by atoms with Gasteiger partial charge in [-0.3, -0.25) is 10.1 Å². The predicted molar refractivity (Wildman–Crippen MR) is 79.6 cm³/mol. The van der Waals surface area contributed by atoms with Crippen LogP contribution in [0.2, 0.25) is 5.02 Å². The maximum Gasteiger partial charge on any atom is 0.296 e. The van der Waals surface area contributed by atoms with Crippen molar-refractivity contribution >= 4 is 17.3 Å². The number of nitrogens with one attached hydrogen (secondary N) is 1. The van der Waals surface area contributed by atoms with E-state index < -0.39 is 4.92 Å². The first-order valence-corrected chi connectivity index (χ1v) is 6.91. The lowest BCUT2D eigenvalue weighted by atomic mass is 10.2. The van der Waals surface area contributed by atoms with Gasteiger partial charge in [0.25, 0.3) is 5.69 Å². The fourth-order valence-electron chi connectivity index (χ4n) is 1.82. The molecular formula is C13H16ClN5O2. The summed E-state index contributed by atoms with van der Waals surface area (Å²) in [5.41, 5.74) is 0.959. The van der Waals surface area contributed by atoms with Crippen LogP contribution in [0.1, 0.15) is 19.5 Å². The van der Waals surface area contributed by atoms with Crippen molar-refractivity contribution in [2.24, 2.45) is 5.92 Å². The predicted octanol–water partition coefficient (Wildman–Crippen LogP) is 2.57. The summed E-state index contributed by atoms with van der Waals surface area (Å²) < 4.78 is 1.39. The van der Waals surface area contributed by atoms with E-state index in [-0.39, 0.29) is 5.69 Å². The van der Waals surface area contributed by atoms with Crippen LogP contribution in [0.15, 0.2) is 24.4 Å². The van der Waals surface area contributed by atoms with E-state index in [0.717, 1.165) is 12.2 Å². The van der Waals surface area contributed by atoms with Gasteiger partial charge >= 0.3 is 0 Å². The Labute approximate surface area is 127 Å². The fourth-order valence-corrected chi connectivity index (χ4v) is 1.99. The van der Waals surface area contributed by atoms with Crippen LogP contribution in [-0.2, 0) is 6.54 Å². The summed E-state index contributed by atoms with van der Waals surface area (Å²) >= 11 is 5.79. The summed E-state index contributed by atoms with van der Waals surface area (Å²) in [5, 5.41) is 22.6. The zero-order chi connectivity index (χ0) is 15.4. The molecule has 0 aliphatic rings. The van der Waals surface area contributed by atoms with Gasteiger partial charge in [0.1, 0.15) is 5.69 Å². The fraction of sp³-hybridized carbons (Fsp3) is 0.385. The molecule has 0 saturated carbocycles. The number of hydrogen-bond donors (Lipinski definition) is 1. The van der Waals surface area contributed by atoms with E-state index >= 15 is 0 Å². The van der Waals surface area contributed by atoms with Crippen molar-refractivity contribution in [3.8, 4) is 5.69 Å². The molecule has 0 aliphatic carbocycles. The molecule has 1 aromatic carbocycles. The highest BCUT2D eigenvalue weighted by atomic mass is 35.5. The second-order valence-corrected chi connectivity index (χ2v) is 5.51. The first kappa shape index (κ1) is 15.4. The van der Waals surface area contributed by atoms with Crippen LogP contribution in [0.25, 0.3) is 5.69 Å². The third-order valence-corrected chi connectivity index (χ3v) is 3.02. The second kappa shape index (κ2) is 6.64. The zero-order valence-corrected chi connectivity index (χ0v) is 12.5. The number of rotatable bonds is 6. The molecule has 8 heteroatoms. The first-order valence-electron chi connectivity index (χ1n) is 6.53. The SMILES string of the molecule is CC(C)CNCc1cn(-c2ccc(Cl)cc2[N+](=O)[O-])nn1. The molecule has 0 unspecified atom stereocenters. The molecule has 1 aromatic heterocycles. The van der Waals surface area contributed by atoms with Gasteiger partial charge in [-0.1, -0.05) is 30.7 Å². The van der Waals surface area contributed by atoms with Gasteiger partial charge in [-0.05, 0) is 24.6 Å². The molecule has 0 bridgehead atoms. The molecule has 2 aromatic rings. The molecule has 0 radical (unpaired) electrons. The van der Waals surface area contributed by atoms with E-state index in [2.05, 4.69) is 29.5 Å². The summed E-state index contributed by atoms with van der Waals surface area (Å²) in [4.78, 5) is 10.6. The molecule has 0 atom stereocenters. The van der Waals surface area contributed by atoms with Crippen LogP contribution < -0.4 is 5.32 Å². The number of nitrogens with zero attached hydrogens (tertiary/aromatic N) is 4. The Morgan fingerprint density at radius 2 is 2.24 bits per heavy atom. The van der Waals surface area contributed by atoms with Crippen molar-refractivity contribution < 1.29 is 4.92 Å². The number of aromatic nitrogens is 3. The first-order chi connectivity index (χ1) is 9.97. The summed E-state index contributed by atoms with van der Waals surface area (Å²) in [6.45, 7) is 5.66. The topological polar surface area (TPSA) is 85.9 Å². The molecule has 1 N–H and O–H groups in total. The molecule has 0 amide bonds. The Balaban J connectivity index is 2.19. The zero-order valence-electron chi connectivity index (χ0n) is 11.8. The number of nitro benzene ring substituents is 1. The molecule has 112 valence electrons. The third kappa shape index (κ3) is 3.99. The maximum atomic E-state index is 11.1. The Morgan fingerprint density at radius 1 is 1.48 bits per heavy atom. The van der Waals surface area contributed by atoms with Crippen molar-refractivity contribution in [1.82, 2.24) is 20.3 Å². The maximum absolute atomic E-state index is 11.1. The molecule has 7 nitrogen and oxygen atoms in total. The van der Waals surface area contributed by atoms with Crippen LogP contribution in [0.4, 0.5) is 5.69 Å². The molecule has 0 saturated heterocycles. The van der Waals surface area contributed by atoms with Crippen molar-refractivity contribution in [2.45, 2.75) is 20.4 Å². The van der Waals surface area contributed by atoms with Crippen LogP contribution >= 0.6 is 11.6 Å². The van der Waals surface area contributed by atoms with Crippen LogP contribution in [0.3, 0.4) is 0 Å². The Bertz CT molecular complexity index is 641. The minimum atomic E-state index is -0.487. The van der Waals surface area contributed by atoms with E-state index in [0.29, 0.717) is 23.2 Å². The molecular weight excluding hydrogens is 294 g/mol. The van der Waals surface area contributed by atoms with Crippen molar-refractivity contribution in [2.75, 3.05) is 6.54 Å². The average Bonchev–Trinajstić information content (AvgIpc) is 2.86. The van der Waals surface area contributed by atoms with Gasteiger partial charge in [0, 0.05) is 17.6 Å². The molecule has 21 heavy (non-hydrogen) atoms. The standard InChI is InChI=1S/C13H16ClN5O2/c1-9(2)6-15-7-11-8-18(17-16-11)12-4-3-10(14)5-13(12)19(20)21/h3-5,8-9,15H,6-7H2,1-2H3. The van der Waals surface area contributed by atoms with Crippen LogP contribution in [0, 0.1) is 16.0 Å². The molecule has 1 heterocycles. The third-order valence-electron chi connectivity index (χ3n) is 2.78. The van der Waals surface area contributed by atoms with Gasteiger partial charge in [-0.15, -0.1) is 5.10 Å². The van der Waals surface area contributed by atoms with Gasteiger partial charge in [0.2, 0.25) is 0 Å². The van der Waals surface area contributed by atoms with E-state index in [1.807, 2.05) is 0 Å². The highest BCUT2D eigenvalue weighted by Gasteiger charge is 2.17. The lowest BCUT2D eigenvalue weighted by molar-refractivity contribution is -0.384. The normalized spacial score (nSPS) is 11.0. The minimum Gasteiger partial charge on any atom is -0.311 e. The molecule has 0 spiro atoms. The Morgan fingerprint density at radius 3 is 2.90 bits per heavy atom. The Hall–Kier alpha value is -1.99. The number of halogens is 1. The van der Waals surface area contributed by atoms with Crippen molar-refractivity contribution in [1.29, 1.82) is 0 Å². The van der Waals surface area contributed by atoms with Gasteiger partial charge in [-0.25, -0.2) is 4.68 Å². The lowest BCUT2D eigenvalue weighted by Gasteiger charge is -2.04. The molecule has 0 aliphatic heterocycles. The number of nitro groups is 1. The van der Waals surface area contributed by atoms with Gasteiger partial charge in [-0.2, -0.15) is 0 Å². The quantitative estimate of drug-likeness (QED) is 0.654. The van der Waals surface area contributed by atoms with Crippen molar-refractivity contribution in [3.05, 3.63) is 45.2 Å². The minimum absolute atomic E-state index is 0.103. The average molecular weight is 310 g/mol. The number of hydrogen-bond acceptors (Lipinski definition) is 5. The van der Waals surface area contributed by atoms with E-state index in [1.54, 1.807) is 18.3 Å². The van der Waals surface area contributed by atoms with Gasteiger partial charge in [0.05, 0.1) is 16.8 Å². The molecule has 0 fully saturated rings. The highest BCUT2D eigenvalue weighted by molar-refractivity contribution is 6.30. The van der Waals surface area contributed by atoms with Crippen LogP contribution in [0.5, 0.6) is 0 Å². The second-order valence-electron chi connectivity index (χ2n) is 5.07. The number of benzene rings is 1. The van der Waals surface area contributed by atoms with E-state index in [9.17, 15) is 10.1 Å².